The van der Waals surface area contributed by atoms with Crippen LogP contribution in [0.15, 0.2) is 0 Å². The van der Waals surface area contributed by atoms with Crippen molar-refractivity contribution < 1.29 is 55.4 Å². The molecule has 2 N–H and O–H groups in total. The Labute approximate surface area is 204 Å². The third kappa shape index (κ3) is 15.1. The second-order valence-electron chi connectivity index (χ2n) is 8.64. The van der Waals surface area contributed by atoms with Crippen LogP contribution in [-0.2, 0) is 14.3 Å². The first kappa shape index (κ1) is 33.1. The van der Waals surface area contributed by atoms with Crippen LogP contribution in [0.3, 0.4) is 0 Å². The Balaban J connectivity index is 4.66. The predicted molar refractivity (Wildman–Crippen MR) is 111 cm³/mol. The van der Waals surface area contributed by atoms with Gasteiger partial charge < -0.3 is 35.1 Å². The number of hydrogen-bond donors (Lipinski definition) is 2. The van der Waals surface area contributed by atoms with E-state index in [9.17, 15) is 50.6 Å². The molecule has 0 saturated carbocycles. The van der Waals surface area contributed by atoms with Crippen LogP contribution in [0.25, 0.3) is 0 Å². The molecule has 0 spiro atoms. The first-order valence-electron chi connectivity index (χ1n) is 11.0. The summed E-state index contributed by atoms with van der Waals surface area (Å²) in [6.45, 7) is 3.83. The Morgan fingerprint density at radius 3 is 1.42 bits per heavy atom. The zero-order valence-corrected chi connectivity index (χ0v) is 20.2. The Bertz CT molecular complexity index is 740. The molecule has 10 nitrogen and oxygen atoms in total. The minimum absolute atomic E-state index is 0.00409. The number of carboxylic acid groups (broad SMARTS) is 1. The van der Waals surface area contributed by atoms with E-state index < -0.39 is 48.5 Å². The lowest BCUT2D eigenvalue weighted by Gasteiger charge is -2.28. The van der Waals surface area contributed by atoms with Gasteiger partial charge in [0.25, 0.3) is 0 Å². The van der Waals surface area contributed by atoms with Gasteiger partial charge in [-0.25, -0.2) is 4.79 Å². The van der Waals surface area contributed by atoms with Gasteiger partial charge in [0.2, 0.25) is 0 Å². The third-order valence-corrected chi connectivity index (χ3v) is 4.31. The van der Waals surface area contributed by atoms with Crippen LogP contribution < -0.4 is 15.7 Å². The molecule has 0 aromatic carbocycles. The van der Waals surface area contributed by atoms with Gasteiger partial charge in [0.1, 0.15) is 11.7 Å². The summed E-state index contributed by atoms with van der Waals surface area (Å²) in [4.78, 5) is 47.3. The first-order chi connectivity index (χ1) is 16.3. The minimum atomic E-state index is -5.04. The monoisotopic (exact) mass is 537 g/mol. The molecule has 16 heteroatoms. The zero-order chi connectivity index (χ0) is 28.2. The Morgan fingerprint density at radius 2 is 1.06 bits per heavy atom. The fourth-order valence-corrected chi connectivity index (χ4v) is 2.66. The molecule has 0 atom stereocenters. The lowest BCUT2D eigenvalue weighted by Crippen LogP contribution is -2.44. The molecule has 0 unspecified atom stereocenters. The maximum Gasteiger partial charge on any atom is 0.471 e. The van der Waals surface area contributed by atoms with E-state index in [2.05, 4.69) is 0 Å². The number of hydrogen-bond acceptors (Lipinski definition) is 6. The summed E-state index contributed by atoms with van der Waals surface area (Å²) in [5.41, 5.74) is -0.854. The second-order valence-corrected chi connectivity index (χ2v) is 8.64. The topological polar surface area (TPSA) is 131 Å². The fourth-order valence-electron chi connectivity index (χ4n) is 2.66. The van der Waals surface area contributed by atoms with Gasteiger partial charge in [-0.05, 0) is 46.5 Å². The molecule has 0 saturated heterocycles. The standard InChI is InChI=1S/C20H32F6N4O6/c1-18(2,3)36-17(35)30(13-7-9-28-15(32)20(24,25)26)11-5-4-10-29(16(33)34)12-6-8-27-14(31)19(21,22)23/h4-13H2,1-3H3,(H,27,31)(H,28,32)(H,33,34)/p-1. The number of amides is 4. The van der Waals surface area contributed by atoms with Crippen LogP contribution in [0.4, 0.5) is 35.9 Å². The van der Waals surface area contributed by atoms with Crippen LogP contribution in [0.2, 0.25) is 0 Å². The lowest BCUT2D eigenvalue weighted by molar-refractivity contribution is -0.265. The molecule has 0 heterocycles. The summed E-state index contributed by atoms with van der Waals surface area (Å²) in [6, 6.07) is 0. The Kier molecular flexibility index (Phi) is 13.4. The molecule has 0 aromatic heterocycles. The van der Waals surface area contributed by atoms with E-state index in [1.165, 1.54) is 4.90 Å². The average molecular weight is 537 g/mol. The van der Waals surface area contributed by atoms with Crippen LogP contribution >= 0.6 is 0 Å². The largest absolute Gasteiger partial charge is 0.530 e. The number of rotatable bonds is 13. The maximum absolute atomic E-state index is 12.4. The van der Waals surface area contributed by atoms with E-state index in [1.54, 1.807) is 31.4 Å². The van der Waals surface area contributed by atoms with Gasteiger partial charge in [-0.1, -0.05) is 0 Å². The first-order valence-corrected chi connectivity index (χ1v) is 11.0. The van der Waals surface area contributed by atoms with Crippen molar-refractivity contribution in [3.63, 3.8) is 0 Å². The molecule has 210 valence electrons. The molecule has 0 bridgehead atoms. The highest BCUT2D eigenvalue weighted by atomic mass is 19.4. The van der Waals surface area contributed by atoms with Crippen molar-refractivity contribution in [1.29, 1.82) is 0 Å². The van der Waals surface area contributed by atoms with Crippen molar-refractivity contribution in [3.8, 4) is 0 Å². The van der Waals surface area contributed by atoms with Crippen molar-refractivity contribution in [2.45, 2.75) is 64.4 Å². The molecule has 0 rings (SSSR count). The van der Waals surface area contributed by atoms with Gasteiger partial charge in [-0.15, -0.1) is 0 Å². The quantitative estimate of drug-likeness (QED) is 0.272. The molecule has 0 aliphatic rings. The molecule has 0 fully saturated rings. The number of unbranched alkanes of at least 4 members (excludes halogenated alkanes) is 1. The number of halogens is 6. The summed E-state index contributed by atoms with van der Waals surface area (Å²) in [5, 5.41) is 14.5. The summed E-state index contributed by atoms with van der Waals surface area (Å²) in [7, 11) is 0. The van der Waals surface area contributed by atoms with Crippen molar-refractivity contribution in [1.82, 2.24) is 20.4 Å². The number of nitrogens with zero attached hydrogens (tertiary/aromatic N) is 2. The van der Waals surface area contributed by atoms with Crippen molar-refractivity contribution in [2.24, 2.45) is 0 Å². The average Bonchev–Trinajstić information content (AvgIpc) is 2.70. The lowest BCUT2D eigenvalue weighted by atomic mass is 10.2. The minimum Gasteiger partial charge on any atom is -0.530 e. The van der Waals surface area contributed by atoms with Gasteiger partial charge in [-0.3, -0.25) is 9.59 Å². The van der Waals surface area contributed by atoms with E-state index in [-0.39, 0.29) is 58.4 Å². The van der Waals surface area contributed by atoms with Crippen molar-refractivity contribution in [2.75, 3.05) is 39.3 Å². The van der Waals surface area contributed by atoms with E-state index in [0.29, 0.717) is 0 Å². The van der Waals surface area contributed by atoms with Gasteiger partial charge in [0.05, 0.1) is 0 Å². The number of ether oxygens (including phenoxy) is 1. The molecule has 0 aromatic rings. The highest BCUT2D eigenvalue weighted by Gasteiger charge is 2.38. The Hall–Kier alpha value is -2.94. The normalized spacial score (nSPS) is 12.0. The number of carbonyl (C=O) groups is 4. The fraction of sp³-hybridized carbons (Fsp3) is 0.800. The number of nitrogens with one attached hydrogen (secondary N) is 2. The number of alkyl halides is 6. The number of carbonyl (C=O) groups excluding carboxylic acids is 4. The third-order valence-electron chi connectivity index (χ3n) is 4.31. The van der Waals surface area contributed by atoms with Gasteiger partial charge in [0.15, 0.2) is 0 Å². The predicted octanol–water partition coefficient (Wildman–Crippen LogP) is 1.79. The van der Waals surface area contributed by atoms with Crippen molar-refractivity contribution >= 4 is 24.0 Å². The molecule has 0 aliphatic heterocycles. The summed E-state index contributed by atoms with van der Waals surface area (Å²) in [5.74, 6) is -4.24. The summed E-state index contributed by atoms with van der Waals surface area (Å²) >= 11 is 0. The van der Waals surface area contributed by atoms with Crippen LogP contribution in [0.5, 0.6) is 0 Å². The molecular weight excluding hydrogens is 506 g/mol. The van der Waals surface area contributed by atoms with Crippen LogP contribution in [0, 0.1) is 0 Å². The molecule has 4 amide bonds. The Morgan fingerprint density at radius 1 is 0.694 bits per heavy atom. The maximum atomic E-state index is 12.4. The van der Waals surface area contributed by atoms with Gasteiger partial charge in [-0.2, -0.15) is 26.3 Å². The van der Waals surface area contributed by atoms with E-state index in [1.807, 2.05) is 0 Å². The SMILES string of the molecule is CC(C)(C)OC(=O)N(CCCCN(CCCNC(=O)C(F)(F)F)C(=O)[O-])CCCNC(=O)C(F)(F)F. The van der Waals surface area contributed by atoms with Crippen LogP contribution in [0.1, 0.15) is 46.5 Å². The van der Waals surface area contributed by atoms with Crippen LogP contribution in [-0.4, -0.2) is 91.0 Å². The molecular formula is C20H31F6N4O6-. The van der Waals surface area contributed by atoms with Crippen molar-refractivity contribution in [3.05, 3.63) is 0 Å². The molecule has 36 heavy (non-hydrogen) atoms. The molecule has 0 aliphatic carbocycles. The molecule has 0 radical (unpaired) electrons. The highest BCUT2D eigenvalue weighted by molar-refractivity contribution is 5.82. The van der Waals surface area contributed by atoms with Gasteiger partial charge >= 0.3 is 30.3 Å². The smallest absolute Gasteiger partial charge is 0.471 e. The van der Waals surface area contributed by atoms with E-state index >= 15 is 0 Å². The van der Waals surface area contributed by atoms with E-state index in [0.717, 1.165) is 4.90 Å². The zero-order valence-electron chi connectivity index (χ0n) is 20.2. The van der Waals surface area contributed by atoms with E-state index in [4.69, 9.17) is 4.74 Å². The summed E-state index contributed by atoms with van der Waals surface area (Å²) < 4.78 is 78.4. The second kappa shape index (κ2) is 14.6. The summed E-state index contributed by atoms with van der Waals surface area (Å²) in [6.07, 6.45) is -12.0. The highest BCUT2D eigenvalue weighted by Crippen LogP contribution is 2.15. The van der Waals surface area contributed by atoms with Gasteiger partial charge in [0, 0.05) is 39.3 Å².